The molecule has 2 amide bonds. The van der Waals surface area contributed by atoms with Gasteiger partial charge >= 0.3 is 0 Å². The quantitative estimate of drug-likeness (QED) is 0.305. The number of hydrogen-bond acceptors (Lipinski definition) is 4. The van der Waals surface area contributed by atoms with Gasteiger partial charge in [-0.3, -0.25) is 14.7 Å². The summed E-state index contributed by atoms with van der Waals surface area (Å²) >= 11 is 5.46. The molecule has 1 aromatic heterocycles. The molecule has 0 spiro atoms. The number of phenolic OH excluding ortho intramolecular Hbond substituents is 1. The van der Waals surface area contributed by atoms with Crippen LogP contribution in [-0.2, 0) is 6.42 Å². The molecule has 0 aliphatic carbocycles. The minimum Gasteiger partial charge on any atom is -0.508 e. The Morgan fingerprint density at radius 2 is 1.87 bits per heavy atom. The minimum absolute atomic E-state index is 0.0183. The molecule has 31 heavy (non-hydrogen) atoms. The summed E-state index contributed by atoms with van der Waals surface area (Å²) in [5.74, 6) is -0.680. The van der Waals surface area contributed by atoms with Crippen molar-refractivity contribution in [2.75, 3.05) is 0 Å². The van der Waals surface area contributed by atoms with Gasteiger partial charge in [0.25, 0.3) is 11.8 Å². The topological polar surface area (TPSA) is 107 Å². The Kier molecular flexibility index (Phi) is 7.71. The van der Waals surface area contributed by atoms with Gasteiger partial charge in [-0.1, -0.05) is 37.3 Å². The first-order valence-electron chi connectivity index (χ1n) is 9.69. The number of nitrogens with zero attached hydrogens (tertiary/aromatic N) is 1. The lowest BCUT2D eigenvalue weighted by Crippen LogP contribution is -2.44. The molecule has 0 aliphatic heterocycles. The van der Waals surface area contributed by atoms with Crippen LogP contribution >= 0.6 is 38.5 Å². The summed E-state index contributed by atoms with van der Waals surface area (Å²) in [4.78, 5) is 25.7. The van der Waals surface area contributed by atoms with Gasteiger partial charge in [0.15, 0.2) is 5.69 Å². The van der Waals surface area contributed by atoms with Gasteiger partial charge in [0.05, 0.1) is 16.6 Å². The third-order valence-electron chi connectivity index (χ3n) is 4.79. The summed E-state index contributed by atoms with van der Waals surface area (Å²) in [6, 6.07) is 13.1. The number of H-pyrrole nitrogens is 1. The Morgan fingerprint density at radius 1 is 1.16 bits per heavy atom. The molecule has 0 aliphatic rings. The second-order valence-electron chi connectivity index (χ2n) is 7.04. The van der Waals surface area contributed by atoms with Crippen molar-refractivity contribution < 1.29 is 14.7 Å². The van der Waals surface area contributed by atoms with Crippen molar-refractivity contribution in [2.24, 2.45) is 0 Å². The number of amides is 2. The van der Waals surface area contributed by atoms with Gasteiger partial charge in [-0.25, -0.2) is 0 Å². The van der Waals surface area contributed by atoms with Crippen LogP contribution in [0.4, 0.5) is 0 Å². The Bertz CT molecular complexity index is 1070. The summed E-state index contributed by atoms with van der Waals surface area (Å²) < 4.78 is 1.38. The number of benzene rings is 2. The van der Waals surface area contributed by atoms with Gasteiger partial charge in [0.2, 0.25) is 0 Å². The van der Waals surface area contributed by atoms with Crippen LogP contribution in [0.2, 0.25) is 0 Å². The van der Waals surface area contributed by atoms with Crippen molar-refractivity contribution in [3.8, 4) is 5.75 Å². The number of halogens is 2. The first kappa shape index (κ1) is 23.3. The molecule has 9 heteroatoms. The summed E-state index contributed by atoms with van der Waals surface area (Å²) in [5.41, 5.74) is 2.29. The van der Waals surface area contributed by atoms with Crippen molar-refractivity contribution in [3.05, 3.63) is 79.1 Å². The van der Waals surface area contributed by atoms with Gasteiger partial charge in [-0.2, -0.15) is 5.10 Å². The third kappa shape index (κ3) is 5.65. The largest absolute Gasteiger partial charge is 0.508 e. The maximum atomic E-state index is 12.9. The summed E-state index contributed by atoms with van der Waals surface area (Å²) in [6.07, 6.45) is 0.710. The number of carbonyl (C=O) groups excluding carboxylic acids is 2. The van der Waals surface area contributed by atoms with E-state index in [1.807, 2.05) is 66.8 Å². The van der Waals surface area contributed by atoms with Crippen LogP contribution in [-0.4, -0.2) is 33.2 Å². The van der Waals surface area contributed by atoms with E-state index in [4.69, 9.17) is 0 Å². The van der Waals surface area contributed by atoms with Crippen LogP contribution in [0.1, 0.15) is 52.0 Å². The highest BCUT2D eigenvalue weighted by Gasteiger charge is 2.26. The molecule has 4 N–H and O–H groups in total. The first-order valence-corrected chi connectivity index (χ1v) is 11.6. The number of aryl methyl sites for hydroxylation is 1. The van der Waals surface area contributed by atoms with E-state index in [-0.39, 0.29) is 23.3 Å². The number of aromatic nitrogens is 2. The lowest BCUT2D eigenvalue weighted by molar-refractivity contribution is 0.0884. The molecule has 0 saturated carbocycles. The van der Waals surface area contributed by atoms with Gasteiger partial charge in [-0.15, -0.1) is 0 Å². The number of nitrogens with one attached hydrogen (secondary N) is 3. The van der Waals surface area contributed by atoms with Crippen molar-refractivity contribution in [2.45, 2.75) is 32.4 Å². The van der Waals surface area contributed by atoms with Crippen LogP contribution in [0.5, 0.6) is 5.75 Å². The van der Waals surface area contributed by atoms with Gasteiger partial charge in [0, 0.05) is 14.8 Å². The maximum Gasteiger partial charge on any atom is 0.273 e. The van der Waals surface area contributed by atoms with E-state index < -0.39 is 12.1 Å². The van der Waals surface area contributed by atoms with E-state index in [2.05, 4.69) is 36.8 Å². The fourth-order valence-corrected chi connectivity index (χ4v) is 4.49. The number of aromatic amines is 1. The normalized spacial score (nSPS) is 12.8. The highest BCUT2D eigenvalue weighted by Crippen LogP contribution is 2.23. The molecular weight excluding hydrogens is 575 g/mol. The average molecular weight is 597 g/mol. The molecule has 0 saturated heterocycles. The lowest BCUT2D eigenvalue weighted by Gasteiger charge is -2.26. The van der Waals surface area contributed by atoms with Crippen LogP contribution in [0.3, 0.4) is 0 Å². The number of rotatable bonds is 7. The number of hydrogen-bond donors (Lipinski definition) is 4. The summed E-state index contributed by atoms with van der Waals surface area (Å²) in [7, 11) is 0. The zero-order valence-corrected chi connectivity index (χ0v) is 20.7. The van der Waals surface area contributed by atoms with E-state index in [0.717, 1.165) is 14.8 Å². The van der Waals surface area contributed by atoms with Crippen molar-refractivity contribution >= 4 is 50.3 Å². The van der Waals surface area contributed by atoms with Gasteiger partial charge in [-0.05, 0) is 75.6 Å². The third-order valence-corrected chi connectivity index (χ3v) is 6.27. The van der Waals surface area contributed by atoms with Crippen molar-refractivity contribution in [1.82, 2.24) is 20.8 Å². The molecule has 2 atom stereocenters. The summed E-state index contributed by atoms with van der Waals surface area (Å²) in [6.45, 7) is 3.79. The SMILES string of the molecule is CCc1[nH]nc(C(=O)NC(C)C(NC(=O)c2cc(O)cc(I)c2)c2ccccc2)c1Br. The fraction of sp³-hybridized carbons (Fsp3) is 0.227. The maximum absolute atomic E-state index is 12.9. The van der Waals surface area contributed by atoms with Gasteiger partial charge in [0.1, 0.15) is 5.75 Å². The fourth-order valence-electron chi connectivity index (χ4n) is 3.19. The molecule has 1 heterocycles. The molecule has 3 aromatic rings. The van der Waals surface area contributed by atoms with E-state index in [1.54, 1.807) is 12.1 Å². The molecule has 2 aromatic carbocycles. The Hall–Kier alpha value is -2.40. The van der Waals surface area contributed by atoms with Crippen molar-refractivity contribution in [1.29, 1.82) is 0 Å². The smallest absolute Gasteiger partial charge is 0.273 e. The number of phenols is 1. The van der Waals surface area contributed by atoms with Crippen molar-refractivity contribution in [3.63, 3.8) is 0 Å². The Labute approximate surface area is 202 Å². The van der Waals surface area contributed by atoms with Crippen LogP contribution < -0.4 is 10.6 Å². The van der Waals surface area contributed by atoms with Crippen LogP contribution in [0.15, 0.2) is 53.0 Å². The molecule has 0 bridgehead atoms. The minimum atomic E-state index is -0.499. The predicted molar refractivity (Wildman–Crippen MR) is 130 cm³/mol. The average Bonchev–Trinajstić information content (AvgIpc) is 3.12. The monoisotopic (exact) mass is 596 g/mol. The highest BCUT2D eigenvalue weighted by atomic mass is 127. The Balaban J connectivity index is 1.84. The molecule has 7 nitrogen and oxygen atoms in total. The molecule has 162 valence electrons. The van der Waals surface area contributed by atoms with Crippen LogP contribution in [0, 0.1) is 3.57 Å². The number of aromatic hydroxyl groups is 1. The van der Waals surface area contributed by atoms with E-state index in [9.17, 15) is 14.7 Å². The molecular formula is C22H22BrIN4O3. The highest BCUT2D eigenvalue weighted by molar-refractivity contribution is 14.1. The second-order valence-corrected chi connectivity index (χ2v) is 9.08. The predicted octanol–water partition coefficient (Wildman–Crippen LogP) is 4.33. The standard InChI is InChI=1S/C22H22BrIN4O3/c1-3-17-18(23)20(28-27-17)22(31)25-12(2)19(13-7-5-4-6-8-13)26-21(30)14-9-15(24)11-16(29)10-14/h4-12,19,29H,3H2,1-2H3,(H,25,31)(H,26,30)(H,27,28). The van der Waals surface area contributed by atoms with E-state index in [1.165, 1.54) is 6.07 Å². The van der Waals surface area contributed by atoms with Gasteiger partial charge < -0.3 is 15.7 Å². The zero-order chi connectivity index (χ0) is 22.5. The molecule has 0 fully saturated rings. The van der Waals surface area contributed by atoms with E-state index in [0.29, 0.717) is 16.5 Å². The molecule has 3 rings (SSSR count). The molecule has 0 radical (unpaired) electrons. The second kappa shape index (κ2) is 10.3. The molecule has 2 unspecified atom stereocenters. The lowest BCUT2D eigenvalue weighted by atomic mass is 9.99. The van der Waals surface area contributed by atoms with E-state index >= 15 is 0 Å². The van der Waals surface area contributed by atoms with Crippen LogP contribution in [0.25, 0.3) is 0 Å². The number of carbonyl (C=O) groups is 2. The summed E-state index contributed by atoms with van der Waals surface area (Å²) in [5, 5.41) is 22.7. The Morgan fingerprint density at radius 3 is 2.48 bits per heavy atom. The zero-order valence-electron chi connectivity index (χ0n) is 16.9. The first-order chi connectivity index (χ1) is 14.8.